The minimum Gasteiger partial charge on any atom is -0.484 e. The second-order valence-electron chi connectivity index (χ2n) is 5.24. The highest BCUT2D eigenvalue weighted by molar-refractivity contribution is 5.95. The second kappa shape index (κ2) is 8.60. The molecule has 0 bridgehead atoms. The molecule has 0 spiro atoms. The topological polar surface area (TPSA) is 70.7 Å². The summed E-state index contributed by atoms with van der Waals surface area (Å²) in [7, 11) is 3.36. The number of benzene rings is 1. The summed E-state index contributed by atoms with van der Waals surface area (Å²) in [6, 6.07) is 6.91. The minimum absolute atomic E-state index is 0. The Labute approximate surface area is 136 Å². The quantitative estimate of drug-likeness (QED) is 0.854. The minimum atomic E-state index is -0.0985. The molecule has 0 radical (unpaired) electrons. The van der Waals surface area contributed by atoms with Crippen LogP contribution in [0.4, 0.5) is 5.69 Å². The summed E-state index contributed by atoms with van der Waals surface area (Å²) in [4.78, 5) is 24.8. The van der Waals surface area contributed by atoms with Crippen molar-refractivity contribution in [3.63, 3.8) is 0 Å². The molecule has 2 amide bonds. The molecule has 22 heavy (non-hydrogen) atoms. The fraction of sp³-hybridized carbons (Fsp3) is 0.467. The van der Waals surface area contributed by atoms with Crippen LogP contribution in [-0.2, 0) is 9.59 Å². The first-order valence-electron chi connectivity index (χ1n) is 7.03. The number of hydrogen-bond acceptors (Lipinski definition) is 4. The predicted molar refractivity (Wildman–Crippen MR) is 87.5 cm³/mol. The maximum absolute atomic E-state index is 11.9. The van der Waals surface area contributed by atoms with E-state index < -0.39 is 0 Å². The van der Waals surface area contributed by atoms with Gasteiger partial charge in [0.15, 0.2) is 6.61 Å². The maximum atomic E-state index is 11.9. The van der Waals surface area contributed by atoms with Gasteiger partial charge in [-0.05, 0) is 43.7 Å². The van der Waals surface area contributed by atoms with Gasteiger partial charge in [-0.1, -0.05) is 0 Å². The Hall–Kier alpha value is -1.79. The molecule has 1 atom stereocenters. The van der Waals surface area contributed by atoms with E-state index in [2.05, 4.69) is 10.6 Å². The first kappa shape index (κ1) is 18.3. The molecule has 1 aromatic rings. The van der Waals surface area contributed by atoms with Crippen LogP contribution in [0.2, 0.25) is 0 Å². The van der Waals surface area contributed by atoms with Crippen LogP contribution in [0.5, 0.6) is 5.75 Å². The monoisotopic (exact) mass is 327 g/mol. The van der Waals surface area contributed by atoms with Gasteiger partial charge in [-0.3, -0.25) is 9.59 Å². The van der Waals surface area contributed by atoms with Crippen molar-refractivity contribution in [2.75, 3.05) is 32.6 Å². The number of nitrogens with one attached hydrogen (secondary N) is 2. The van der Waals surface area contributed by atoms with Crippen LogP contribution in [0.1, 0.15) is 12.8 Å². The molecule has 2 N–H and O–H groups in total. The fourth-order valence-electron chi connectivity index (χ4n) is 2.05. The standard InChI is InChI=1S/C15H21N3O3.ClH/c1-18(2)14(19)10-21-12-7-5-11(6-8-12)17-15(20)13-4-3-9-16-13;/h5-8,13,16H,3-4,9-10H2,1-2H3,(H,17,20);1H. The van der Waals surface area contributed by atoms with Crippen LogP contribution in [0.25, 0.3) is 0 Å². The number of nitrogens with zero attached hydrogens (tertiary/aromatic N) is 1. The van der Waals surface area contributed by atoms with Gasteiger partial charge in [0.25, 0.3) is 5.91 Å². The van der Waals surface area contributed by atoms with Crippen LogP contribution >= 0.6 is 12.4 Å². The number of halogens is 1. The van der Waals surface area contributed by atoms with Gasteiger partial charge in [0, 0.05) is 19.8 Å². The number of rotatable bonds is 5. The van der Waals surface area contributed by atoms with E-state index in [1.807, 2.05) is 0 Å². The summed E-state index contributed by atoms with van der Waals surface area (Å²) in [6.07, 6.45) is 1.91. The Morgan fingerprint density at radius 3 is 2.55 bits per heavy atom. The van der Waals surface area contributed by atoms with Crippen molar-refractivity contribution in [3.05, 3.63) is 24.3 Å². The molecule has 0 aliphatic carbocycles. The lowest BCUT2D eigenvalue weighted by Gasteiger charge is -2.13. The Morgan fingerprint density at radius 1 is 1.32 bits per heavy atom. The SMILES string of the molecule is CN(C)C(=O)COc1ccc(NC(=O)C2CCCN2)cc1.Cl. The number of hydrogen-bond donors (Lipinski definition) is 2. The van der Waals surface area contributed by atoms with E-state index >= 15 is 0 Å². The second-order valence-corrected chi connectivity index (χ2v) is 5.24. The highest BCUT2D eigenvalue weighted by Gasteiger charge is 2.21. The molecule has 0 aromatic heterocycles. The number of likely N-dealkylation sites (N-methyl/N-ethyl adjacent to an activating group) is 1. The van der Waals surface area contributed by atoms with Crippen molar-refractivity contribution in [2.45, 2.75) is 18.9 Å². The van der Waals surface area contributed by atoms with E-state index in [4.69, 9.17) is 4.74 Å². The predicted octanol–water partition coefficient (Wildman–Crippen LogP) is 1.27. The smallest absolute Gasteiger partial charge is 0.259 e. The van der Waals surface area contributed by atoms with Crippen molar-refractivity contribution < 1.29 is 14.3 Å². The molecule has 6 nitrogen and oxygen atoms in total. The van der Waals surface area contributed by atoms with Crippen molar-refractivity contribution in [3.8, 4) is 5.75 Å². The van der Waals surface area contributed by atoms with Gasteiger partial charge >= 0.3 is 0 Å². The van der Waals surface area contributed by atoms with Crippen molar-refractivity contribution in [1.82, 2.24) is 10.2 Å². The molecule has 0 saturated carbocycles. The Bertz CT molecular complexity index is 499. The van der Waals surface area contributed by atoms with E-state index in [1.165, 1.54) is 4.90 Å². The van der Waals surface area contributed by atoms with E-state index in [1.54, 1.807) is 38.4 Å². The molecule has 1 aromatic carbocycles. The molecule has 2 rings (SSSR count). The summed E-state index contributed by atoms with van der Waals surface area (Å²) in [5.74, 6) is 0.492. The number of carbonyl (C=O) groups is 2. The van der Waals surface area contributed by atoms with E-state index in [0.29, 0.717) is 5.75 Å². The molecule has 122 valence electrons. The summed E-state index contributed by atoms with van der Waals surface area (Å²) in [6.45, 7) is 0.898. The van der Waals surface area contributed by atoms with Crippen molar-refractivity contribution in [2.24, 2.45) is 0 Å². The first-order chi connectivity index (χ1) is 10.1. The zero-order valence-corrected chi connectivity index (χ0v) is 13.6. The van der Waals surface area contributed by atoms with Crippen molar-refractivity contribution >= 4 is 29.9 Å². The lowest BCUT2D eigenvalue weighted by Crippen LogP contribution is -2.35. The zero-order valence-electron chi connectivity index (χ0n) is 12.8. The summed E-state index contributed by atoms with van der Waals surface area (Å²) in [5.41, 5.74) is 0.722. The Morgan fingerprint density at radius 2 is 2.00 bits per heavy atom. The molecule has 1 fully saturated rings. The molecule has 1 heterocycles. The molecule has 1 unspecified atom stereocenters. The number of amides is 2. The van der Waals surface area contributed by atoms with Crippen LogP contribution in [-0.4, -0.2) is 50.0 Å². The Kier molecular flexibility index (Phi) is 7.14. The molecular formula is C15H22ClN3O3. The third-order valence-corrected chi connectivity index (χ3v) is 3.36. The van der Waals surface area contributed by atoms with Crippen molar-refractivity contribution in [1.29, 1.82) is 0 Å². The number of carbonyl (C=O) groups excluding carboxylic acids is 2. The third-order valence-electron chi connectivity index (χ3n) is 3.36. The van der Waals surface area contributed by atoms with Crippen LogP contribution in [0.3, 0.4) is 0 Å². The largest absolute Gasteiger partial charge is 0.484 e. The lowest BCUT2D eigenvalue weighted by atomic mass is 10.2. The summed E-state index contributed by atoms with van der Waals surface area (Å²) < 4.78 is 5.37. The highest BCUT2D eigenvalue weighted by Crippen LogP contribution is 2.17. The summed E-state index contributed by atoms with van der Waals surface area (Å²) >= 11 is 0. The van der Waals surface area contributed by atoms with Gasteiger partial charge in [0.2, 0.25) is 5.91 Å². The average molecular weight is 328 g/mol. The van der Waals surface area contributed by atoms with Gasteiger partial charge in [-0.25, -0.2) is 0 Å². The molecule has 1 aliphatic rings. The van der Waals surface area contributed by atoms with E-state index in [-0.39, 0.29) is 36.9 Å². The molecular weight excluding hydrogens is 306 g/mol. The highest BCUT2D eigenvalue weighted by atomic mass is 35.5. The first-order valence-corrected chi connectivity index (χ1v) is 7.03. The van der Waals surface area contributed by atoms with Gasteiger partial charge in [-0.2, -0.15) is 0 Å². The molecule has 1 aliphatic heterocycles. The van der Waals surface area contributed by atoms with Crippen LogP contribution < -0.4 is 15.4 Å². The van der Waals surface area contributed by atoms with Gasteiger partial charge in [0.1, 0.15) is 5.75 Å². The Balaban J connectivity index is 0.00000242. The van der Waals surface area contributed by atoms with Gasteiger partial charge in [0.05, 0.1) is 6.04 Å². The molecule has 7 heteroatoms. The average Bonchev–Trinajstić information content (AvgIpc) is 3.00. The van der Waals surface area contributed by atoms with Crippen LogP contribution in [0, 0.1) is 0 Å². The number of ether oxygens (including phenoxy) is 1. The normalized spacial score (nSPS) is 16.5. The third kappa shape index (κ3) is 5.20. The zero-order chi connectivity index (χ0) is 15.2. The number of anilines is 1. The van der Waals surface area contributed by atoms with E-state index in [0.717, 1.165) is 25.1 Å². The van der Waals surface area contributed by atoms with Gasteiger partial charge < -0.3 is 20.3 Å². The lowest BCUT2D eigenvalue weighted by molar-refractivity contribution is -0.130. The summed E-state index contributed by atoms with van der Waals surface area (Å²) in [5, 5.41) is 6.01. The fourth-order valence-corrected chi connectivity index (χ4v) is 2.05. The maximum Gasteiger partial charge on any atom is 0.259 e. The van der Waals surface area contributed by atoms with E-state index in [9.17, 15) is 9.59 Å². The molecule has 1 saturated heterocycles. The van der Waals surface area contributed by atoms with Crippen LogP contribution in [0.15, 0.2) is 24.3 Å². The van der Waals surface area contributed by atoms with Gasteiger partial charge in [-0.15, -0.1) is 12.4 Å².